The van der Waals surface area contributed by atoms with E-state index >= 15 is 0 Å². The summed E-state index contributed by atoms with van der Waals surface area (Å²) < 4.78 is 50.6. The Morgan fingerprint density at radius 3 is 2.12 bits per heavy atom. The smallest absolute Gasteiger partial charge is 0.261 e. The van der Waals surface area contributed by atoms with Crippen LogP contribution >= 0.6 is 10.7 Å². The van der Waals surface area contributed by atoms with Crippen molar-refractivity contribution < 1.29 is 21.9 Å². The van der Waals surface area contributed by atoms with Gasteiger partial charge in [-0.1, -0.05) is 13.8 Å². The third-order valence-electron chi connectivity index (χ3n) is 2.63. The second kappa shape index (κ2) is 6.71. The number of hydrogen-bond acceptors (Lipinski definition) is 3. The first-order valence-corrected chi connectivity index (χ1v) is 7.51. The summed E-state index contributed by atoms with van der Waals surface area (Å²) in [5.41, 5.74) is -0.671. The van der Waals surface area contributed by atoms with Crippen molar-refractivity contribution in [2.24, 2.45) is 5.41 Å². The minimum absolute atomic E-state index is 0.0176. The lowest BCUT2D eigenvalue weighted by Gasteiger charge is -2.29. The van der Waals surface area contributed by atoms with E-state index in [1.165, 1.54) is 0 Å². The zero-order valence-corrected chi connectivity index (χ0v) is 11.0. The van der Waals surface area contributed by atoms with Crippen molar-refractivity contribution in [2.75, 3.05) is 19.0 Å². The number of rotatable bonds is 8. The van der Waals surface area contributed by atoms with E-state index in [-0.39, 0.29) is 12.4 Å². The SMILES string of the molecule is CCC(CC)(COCC(F)F)CS(=O)(=O)Cl. The Hall–Kier alpha value is 0.0600. The molecule has 0 bridgehead atoms. The van der Waals surface area contributed by atoms with E-state index in [1.807, 2.05) is 0 Å². The van der Waals surface area contributed by atoms with Crippen molar-refractivity contribution in [1.82, 2.24) is 0 Å². The minimum Gasteiger partial charge on any atom is -0.375 e. The quantitative estimate of drug-likeness (QED) is 0.641. The first-order valence-electron chi connectivity index (χ1n) is 5.03. The van der Waals surface area contributed by atoms with Gasteiger partial charge in [0.2, 0.25) is 9.05 Å². The van der Waals surface area contributed by atoms with E-state index < -0.39 is 27.5 Å². The number of alkyl halides is 2. The predicted octanol–water partition coefficient (Wildman–Crippen LogP) is 2.64. The average Bonchev–Trinajstić information content (AvgIpc) is 2.13. The summed E-state index contributed by atoms with van der Waals surface area (Å²) >= 11 is 0. The molecule has 98 valence electrons. The zero-order valence-electron chi connectivity index (χ0n) is 9.38. The minimum atomic E-state index is -3.65. The fourth-order valence-corrected chi connectivity index (χ4v) is 3.35. The first kappa shape index (κ1) is 16.1. The third kappa shape index (κ3) is 6.60. The maximum absolute atomic E-state index is 11.9. The molecule has 16 heavy (non-hydrogen) atoms. The topological polar surface area (TPSA) is 43.4 Å². The van der Waals surface area contributed by atoms with Gasteiger partial charge in [-0.2, -0.15) is 0 Å². The Morgan fingerprint density at radius 1 is 1.31 bits per heavy atom. The lowest BCUT2D eigenvalue weighted by atomic mass is 9.85. The van der Waals surface area contributed by atoms with Gasteiger partial charge in [-0.15, -0.1) is 0 Å². The van der Waals surface area contributed by atoms with Gasteiger partial charge >= 0.3 is 0 Å². The Morgan fingerprint density at radius 2 is 1.81 bits per heavy atom. The summed E-state index contributed by atoms with van der Waals surface area (Å²) in [7, 11) is 1.53. The molecule has 0 aliphatic carbocycles. The summed E-state index contributed by atoms with van der Waals surface area (Å²) in [6.45, 7) is 2.88. The lowest BCUT2D eigenvalue weighted by Crippen LogP contribution is -2.33. The fourth-order valence-electron chi connectivity index (χ4n) is 1.43. The lowest BCUT2D eigenvalue weighted by molar-refractivity contribution is -0.0177. The van der Waals surface area contributed by atoms with Crippen LogP contribution in [0.15, 0.2) is 0 Å². The van der Waals surface area contributed by atoms with Crippen molar-refractivity contribution in [3.8, 4) is 0 Å². The van der Waals surface area contributed by atoms with E-state index in [0.717, 1.165) is 0 Å². The number of hydrogen-bond donors (Lipinski definition) is 0. The highest BCUT2D eigenvalue weighted by atomic mass is 35.7. The van der Waals surface area contributed by atoms with Crippen molar-refractivity contribution >= 4 is 19.7 Å². The molecule has 0 aliphatic heterocycles. The van der Waals surface area contributed by atoms with E-state index in [9.17, 15) is 17.2 Å². The van der Waals surface area contributed by atoms with Crippen LogP contribution in [0.2, 0.25) is 0 Å². The van der Waals surface area contributed by atoms with Crippen LogP contribution in [-0.2, 0) is 13.8 Å². The molecule has 0 fully saturated rings. The molecule has 0 unspecified atom stereocenters. The molecule has 0 radical (unpaired) electrons. The molecule has 0 aromatic heterocycles. The summed E-state index contributed by atoms with van der Waals surface area (Å²) in [6, 6.07) is 0. The second-order valence-electron chi connectivity index (χ2n) is 3.80. The summed E-state index contributed by atoms with van der Waals surface area (Å²) in [6.07, 6.45) is -1.52. The molecule has 0 spiro atoms. The average molecular weight is 279 g/mol. The predicted molar refractivity (Wildman–Crippen MR) is 59.5 cm³/mol. The number of ether oxygens (including phenoxy) is 1. The van der Waals surface area contributed by atoms with Gasteiger partial charge in [0, 0.05) is 16.1 Å². The Labute approximate surface area is 99.5 Å². The van der Waals surface area contributed by atoms with Gasteiger partial charge in [0.1, 0.15) is 6.61 Å². The highest BCUT2D eigenvalue weighted by Gasteiger charge is 2.32. The van der Waals surface area contributed by atoms with Crippen LogP contribution in [0.4, 0.5) is 8.78 Å². The van der Waals surface area contributed by atoms with Gasteiger partial charge in [-0.3, -0.25) is 0 Å². The molecule has 0 saturated heterocycles. The highest BCUT2D eigenvalue weighted by molar-refractivity contribution is 8.13. The van der Waals surface area contributed by atoms with Crippen LogP contribution in [-0.4, -0.2) is 33.8 Å². The van der Waals surface area contributed by atoms with Crippen molar-refractivity contribution in [2.45, 2.75) is 33.1 Å². The third-order valence-corrected chi connectivity index (χ3v) is 3.92. The molecule has 0 rings (SSSR count). The molecule has 0 N–H and O–H groups in total. The Bertz CT molecular complexity index is 289. The van der Waals surface area contributed by atoms with Gasteiger partial charge in [-0.05, 0) is 12.8 Å². The van der Waals surface area contributed by atoms with Crippen LogP contribution in [0.5, 0.6) is 0 Å². The molecule has 0 atom stereocenters. The molecule has 3 nitrogen and oxygen atoms in total. The van der Waals surface area contributed by atoms with E-state index in [2.05, 4.69) is 0 Å². The van der Waals surface area contributed by atoms with Crippen molar-refractivity contribution in [3.05, 3.63) is 0 Å². The zero-order chi connectivity index (χ0) is 12.8. The molecule has 0 aromatic rings. The summed E-state index contributed by atoms with van der Waals surface area (Å²) in [5, 5.41) is 0. The molecule has 0 heterocycles. The van der Waals surface area contributed by atoms with Crippen LogP contribution in [0.1, 0.15) is 26.7 Å². The van der Waals surface area contributed by atoms with Crippen LogP contribution in [0, 0.1) is 5.41 Å². The van der Waals surface area contributed by atoms with Crippen molar-refractivity contribution in [1.29, 1.82) is 0 Å². The van der Waals surface area contributed by atoms with Crippen LogP contribution in [0.25, 0.3) is 0 Å². The first-order chi connectivity index (χ1) is 7.24. The molecular weight excluding hydrogens is 262 g/mol. The molecule has 0 saturated carbocycles. The second-order valence-corrected chi connectivity index (χ2v) is 6.57. The Balaban J connectivity index is 4.44. The fraction of sp³-hybridized carbons (Fsp3) is 1.00. The molecule has 7 heteroatoms. The normalized spacial score (nSPS) is 13.4. The molecule has 0 aliphatic rings. The van der Waals surface area contributed by atoms with E-state index in [0.29, 0.717) is 12.8 Å². The molecule has 0 aromatic carbocycles. The van der Waals surface area contributed by atoms with Crippen LogP contribution in [0.3, 0.4) is 0 Å². The molecular formula is C9H17ClF2O3S. The number of halogens is 3. The Kier molecular flexibility index (Phi) is 6.74. The van der Waals surface area contributed by atoms with E-state index in [1.54, 1.807) is 13.8 Å². The summed E-state index contributed by atoms with van der Waals surface area (Å²) in [5.74, 6) is -0.252. The highest BCUT2D eigenvalue weighted by Crippen LogP contribution is 2.30. The van der Waals surface area contributed by atoms with Gasteiger partial charge in [0.05, 0.1) is 12.4 Å². The van der Waals surface area contributed by atoms with Crippen LogP contribution < -0.4 is 0 Å². The van der Waals surface area contributed by atoms with Gasteiger partial charge in [0.25, 0.3) is 6.43 Å². The monoisotopic (exact) mass is 278 g/mol. The summed E-state index contributed by atoms with van der Waals surface area (Å²) in [4.78, 5) is 0. The molecule has 0 amide bonds. The standard InChI is InChI=1S/C9H17ClF2O3S/c1-3-9(4-2,7-16(10,13)14)6-15-5-8(11)12/h8H,3-7H2,1-2H3. The maximum Gasteiger partial charge on any atom is 0.261 e. The van der Waals surface area contributed by atoms with Gasteiger partial charge in [-0.25, -0.2) is 17.2 Å². The largest absolute Gasteiger partial charge is 0.375 e. The maximum atomic E-state index is 11.9. The van der Waals surface area contributed by atoms with Gasteiger partial charge in [0.15, 0.2) is 0 Å². The van der Waals surface area contributed by atoms with Gasteiger partial charge < -0.3 is 4.74 Å². The van der Waals surface area contributed by atoms with Crippen molar-refractivity contribution in [3.63, 3.8) is 0 Å². The van der Waals surface area contributed by atoms with E-state index in [4.69, 9.17) is 15.4 Å².